The molecule has 1 fully saturated rings. The lowest BCUT2D eigenvalue weighted by Crippen LogP contribution is -2.38. The number of hydrogen-bond donors (Lipinski definition) is 1. The maximum Gasteiger partial charge on any atom is 0.228 e. The van der Waals surface area contributed by atoms with Crippen molar-refractivity contribution in [2.24, 2.45) is 0 Å². The van der Waals surface area contributed by atoms with Gasteiger partial charge in [-0.25, -0.2) is 8.42 Å². The van der Waals surface area contributed by atoms with Gasteiger partial charge in [0.1, 0.15) is 0 Å². The predicted octanol–water partition coefficient (Wildman–Crippen LogP) is -0.605. The van der Waals surface area contributed by atoms with E-state index in [9.17, 15) is 17.9 Å². The predicted molar refractivity (Wildman–Crippen MR) is 64.6 cm³/mol. The molecule has 0 aromatic carbocycles. The molecule has 1 aliphatic heterocycles. The third-order valence-corrected chi connectivity index (χ3v) is 5.67. The molecule has 0 saturated carbocycles. The second kappa shape index (κ2) is 5.77. The summed E-state index contributed by atoms with van der Waals surface area (Å²) in [4.78, 5) is 11.6. The quantitative estimate of drug-likeness (QED) is 0.679. The van der Waals surface area contributed by atoms with Crippen LogP contribution in [0.15, 0.2) is 0 Å². The third kappa shape index (κ3) is 5.46. The molecule has 0 amide bonds. The Kier molecular flexibility index (Phi) is 5.12. The van der Waals surface area contributed by atoms with Crippen LogP contribution < -0.4 is 0 Å². The fourth-order valence-corrected chi connectivity index (χ4v) is 4.52. The first-order valence-electron chi connectivity index (χ1n) is 5.23. The molecule has 1 atom stereocenters. The highest BCUT2D eigenvalue weighted by atomic mass is 32.2. The second-order valence-corrected chi connectivity index (χ2v) is 8.57. The molecule has 1 saturated heterocycles. The Balaban J connectivity index is 2.53. The van der Waals surface area contributed by atoms with E-state index in [0.29, 0.717) is 26.3 Å². The topological polar surface area (TPSA) is 87.2 Å². The minimum Gasteiger partial charge on any atom is -0.379 e. The molecule has 9 heteroatoms. The molecule has 1 heterocycles. The van der Waals surface area contributed by atoms with Gasteiger partial charge in [0.2, 0.25) is 17.4 Å². The average molecular weight is 286 g/mol. The maximum atomic E-state index is 11.9. The summed E-state index contributed by atoms with van der Waals surface area (Å²) >= 11 is 0. The van der Waals surface area contributed by atoms with Crippen molar-refractivity contribution in [1.29, 1.82) is 0 Å². The molecule has 0 spiro atoms. The lowest BCUT2D eigenvalue weighted by atomic mass is 10.5. The highest BCUT2D eigenvalue weighted by molar-refractivity contribution is 7.88. The first-order chi connectivity index (χ1) is 7.71. The van der Waals surface area contributed by atoms with Gasteiger partial charge in [-0.2, -0.15) is 4.31 Å². The molecule has 0 bridgehead atoms. The van der Waals surface area contributed by atoms with E-state index in [1.54, 1.807) is 0 Å². The van der Waals surface area contributed by atoms with Crippen LogP contribution in [0.2, 0.25) is 0 Å². The molecule has 1 rings (SSSR count). The van der Waals surface area contributed by atoms with Crippen LogP contribution in [0.5, 0.6) is 0 Å². The van der Waals surface area contributed by atoms with E-state index >= 15 is 0 Å². The highest BCUT2D eigenvalue weighted by Crippen LogP contribution is 2.41. The van der Waals surface area contributed by atoms with Crippen molar-refractivity contribution >= 4 is 17.4 Å². The molecule has 1 unspecified atom stereocenters. The van der Waals surface area contributed by atoms with Gasteiger partial charge in [-0.1, -0.05) is 0 Å². The summed E-state index contributed by atoms with van der Waals surface area (Å²) in [5, 5.41) is 0. The fraction of sp³-hybridized carbons (Fsp3) is 1.00. The van der Waals surface area contributed by atoms with Crippen LogP contribution in [0.3, 0.4) is 0 Å². The molecule has 102 valence electrons. The van der Waals surface area contributed by atoms with E-state index in [2.05, 4.69) is 0 Å². The minimum absolute atomic E-state index is 0.0101. The smallest absolute Gasteiger partial charge is 0.228 e. The molecule has 0 aromatic rings. The largest absolute Gasteiger partial charge is 0.379 e. The molecule has 7 nitrogen and oxygen atoms in total. The lowest BCUT2D eigenvalue weighted by Gasteiger charge is -2.29. The zero-order chi connectivity index (χ0) is 13.1. The summed E-state index contributed by atoms with van der Waals surface area (Å²) in [6.45, 7) is 2.30. The molecule has 0 radical (unpaired) electrons. The van der Waals surface area contributed by atoms with E-state index in [0.717, 1.165) is 10.6 Å². The van der Waals surface area contributed by atoms with E-state index in [-0.39, 0.29) is 12.6 Å². The van der Waals surface area contributed by atoms with Crippen LogP contribution in [0, 0.1) is 0 Å². The van der Waals surface area contributed by atoms with Crippen molar-refractivity contribution in [2.45, 2.75) is 0 Å². The molecule has 1 N–H and O–H groups in total. The summed E-state index contributed by atoms with van der Waals surface area (Å²) in [7, 11) is -5.61. The Morgan fingerprint density at radius 1 is 1.41 bits per heavy atom. The Bertz CT molecular complexity index is 393. The first-order valence-corrected chi connectivity index (χ1v) is 9.11. The second-order valence-electron chi connectivity index (χ2n) is 4.22. The highest BCUT2D eigenvalue weighted by Gasteiger charge is 2.28. The monoisotopic (exact) mass is 286 g/mol. The average Bonchev–Trinajstić information content (AvgIpc) is 2.16. The standard InChI is InChI=1S/C8H19N2O5PS/c1-9(17(2,13)14)7-16(11,12)8-10-3-5-15-6-4-10/h3-8H2,1-2H3,(H,11,12). The summed E-state index contributed by atoms with van der Waals surface area (Å²) in [6.07, 6.45) is 0.682. The molecule has 0 aliphatic carbocycles. The molecular formula is C8H19N2O5PS. The number of rotatable bonds is 5. The molecule has 0 aromatic heterocycles. The van der Waals surface area contributed by atoms with Gasteiger partial charge in [0, 0.05) is 20.1 Å². The number of hydrogen-bond acceptors (Lipinski definition) is 5. The number of sulfonamides is 1. The van der Waals surface area contributed by atoms with E-state index in [4.69, 9.17) is 4.74 Å². The third-order valence-electron chi connectivity index (χ3n) is 2.51. The molecule has 1 aliphatic rings. The number of morpholine rings is 1. The van der Waals surface area contributed by atoms with Gasteiger partial charge in [0.15, 0.2) is 0 Å². The van der Waals surface area contributed by atoms with Gasteiger partial charge in [0.05, 0.1) is 32.0 Å². The summed E-state index contributed by atoms with van der Waals surface area (Å²) in [5.41, 5.74) is 0. The maximum absolute atomic E-state index is 11.9. The number of ether oxygens (including phenoxy) is 1. The summed E-state index contributed by atoms with van der Waals surface area (Å²) in [5.74, 6) is 0. The van der Waals surface area contributed by atoms with Crippen LogP contribution in [0.1, 0.15) is 0 Å². The van der Waals surface area contributed by atoms with Gasteiger partial charge < -0.3 is 9.63 Å². The van der Waals surface area contributed by atoms with E-state index in [1.807, 2.05) is 4.90 Å². The van der Waals surface area contributed by atoms with Crippen molar-refractivity contribution in [2.75, 3.05) is 52.2 Å². The van der Waals surface area contributed by atoms with Crippen molar-refractivity contribution < 1.29 is 22.6 Å². The van der Waals surface area contributed by atoms with Crippen LogP contribution in [0.4, 0.5) is 0 Å². The zero-order valence-corrected chi connectivity index (χ0v) is 11.8. The minimum atomic E-state index is -3.50. The van der Waals surface area contributed by atoms with Gasteiger partial charge in [-0.15, -0.1) is 0 Å². The SMILES string of the molecule is CN(CP(=O)(O)CN1CCOCC1)S(C)(=O)=O. The van der Waals surface area contributed by atoms with Crippen molar-refractivity contribution in [3.63, 3.8) is 0 Å². The van der Waals surface area contributed by atoms with Crippen molar-refractivity contribution in [3.05, 3.63) is 0 Å². The normalized spacial score (nSPS) is 22.6. The van der Waals surface area contributed by atoms with Crippen LogP contribution in [0.25, 0.3) is 0 Å². The van der Waals surface area contributed by atoms with Gasteiger partial charge in [-0.05, 0) is 0 Å². The molecular weight excluding hydrogens is 267 g/mol. The first kappa shape index (κ1) is 15.1. The Morgan fingerprint density at radius 3 is 2.41 bits per heavy atom. The van der Waals surface area contributed by atoms with E-state index < -0.39 is 17.4 Å². The van der Waals surface area contributed by atoms with Crippen molar-refractivity contribution in [3.8, 4) is 0 Å². The van der Waals surface area contributed by atoms with Crippen LogP contribution >= 0.6 is 7.37 Å². The fourth-order valence-electron chi connectivity index (χ4n) is 1.52. The zero-order valence-electron chi connectivity index (χ0n) is 10.1. The number of nitrogens with zero attached hydrogens (tertiary/aromatic N) is 2. The Labute approximate surface area is 102 Å². The van der Waals surface area contributed by atoms with Crippen molar-refractivity contribution in [1.82, 2.24) is 9.21 Å². The molecule has 17 heavy (non-hydrogen) atoms. The van der Waals surface area contributed by atoms with E-state index in [1.165, 1.54) is 7.05 Å². The van der Waals surface area contributed by atoms with Crippen LogP contribution in [-0.4, -0.2) is 74.7 Å². The lowest BCUT2D eigenvalue weighted by molar-refractivity contribution is 0.0452. The van der Waals surface area contributed by atoms with Gasteiger partial charge in [0.25, 0.3) is 0 Å². The summed E-state index contributed by atoms with van der Waals surface area (Å²) in [6, 6.07) is 0. The van der Waals surface area contributed by atoms with Crippen LogP contribution in [-0.2, 0) is 19.3 Å². The Morgan fingerprint density at radius 2 is 1.94 bits per heavy atom. The Hall–Kier alpha value is 0.0200. The summed E-state index contributed by atoms with van der Waals surface area (Å²) < 4.78 is 40.3. The van der Waals surface area contributed by atoms with Gasteiger partial charge >= 0.3 is 0 Å². The van der Waals surface area contributed by atoms with Gasteiger partial charge in [-0.3, -0.25) is 9.46 Å².